The summed E-state index contributed by atoms with van der Waals surface area (Å²) in [6.45, 7) is 0.465. The van der Waals surface area contributed by atoms with E-state index >= 15 is 0 Å². The number of hydrogen-bond acceptors (Lipinski definition) is 9. The predicted molar refractivity (Wildman–Crippen MR) is 134 cm³/mol. The molecule has 0 spiro atoms. The molecule has 4 heterocycles. The number of aromatic nitrogens is 5. The zero-order valence-electron chi connectivity index (χ0n) is 19.1. The molecule has 184 valence electrons. The van der Waals surface area contributed by atoms with Crippen LogP contribution >= 0.6 is 11.7 Å². The van der Waals surface area contributed by atoms with Crippen LogP contribution in [0.4, 0.5) is 5.69 Å². The van der Waals surface area contributed by atoms with E-state index in [9.17, 15) is 14.4 Å². The van der Waals surface area contributed by atoms with Crippen LogP contribution in [0.5, 0.6) is 5.75 Å². The molecule has 0 bridgehead atoms. The molecule has 13 heteroatoms. The first-order valence-electron chi connectivity index (χ1n) is 11.2. The van der Waals surface area contributed by atoms with Gasteiger partial charge in [-0.25, -0.2) is 9.97 Å². The number of nitrogens with zero attached hydrogens (tertiary/aromatic N) is 4. The molecule has 3 amide bonds. The first-order valence-corrected chi connectivity index (χ1v) is 11.9. The van der Waals surface area contributed by atoms with E-state index in [2.05, 4.69) is 39.6 Å². The molecule has 0 atom stereocenters. The number of fused-ring (bicyclic) bond motifs is 3. The van der Waals surface area contributed by atoms with Crippen molar-refractivity contribution in [1.82, 2.24) is 34.3 Å². The third kappa shape index (κ3) is 4.43. The molecule has 3 aromatic heterocycles. The van der Waals surface area contributed by atoms with Crippen molar-refractivity contribution in [2.45, 2.75) is 13.1 Å². The van der Waals surface area contributed by atoms with E-state index in [-0.39, 0.29) is 30.7 Å². The molecule has 0 saturated carbocycles. The number of H-pyrrole nitrogens is 1. The van der Waals surface area contributed by atoms with Crippen LogP contribution in [0, 0.1) is 0 Å². The van der Waals surface area contributed by atoms with Gasteiger partial charge in [0.1, 0.15) is 28.6 Å². The number of nitrogens with one attached hydrogen (secondary N) is 4. The highest BCUT2D eigenvalue weighted by atomic mass is 32.1. The number of ether oxygens (including phenoxy) is 1. The SMILES string of the molecule is O=C1COc2ccc(CNC(=O)c3ncnc4c(C(=O)NCc5ccc6nsnc6c5)c[nH]c34)cc2N1. The summed E-state index contributed by atoms with van der Waals surface area (Å²) in [5.41, 5.74) is 4.89. The molecule has 0 unspecified atom stereocenters. The van der Waals surface area contributed by atoms with E-state index in [1.165, 1.54) is 12.5 Å². The normalized spacial score (nSPS) is 12.6. The Kier molecular flexibility index (Phi) is 5.65. The van der Waals surface area contributed by atoms with Crippen LogP contribution in [0.25, 0.3) is 22.1 Å². The van der Waals surface area contributed by atoms with E-state index in [1.807, 2.05) is 18.2 Å². The molecule has 0 fully saturated rings. The molecule has 1 aliphatic heterocycles. The topological polar surface area (TPSA) is 164 Å². The van der Waals surface area contributed by atoms with Crippen molar-refractivity contribution in [1.29, 1.82) is 0 Å². The smallest absolute Gasteiger partial charge is 0.272 e. The summed E-state index contributed by atoms with van der Waals surface area (Å²) in [7, 11) is 0. The number of benzene rings is 2. The van der Waals surface area contributed by atoms with Gasteiger partial charge in [0.05, 0.1) is 28.5 Å². The van der Waals surface area contributed by atoms with E-state index in [0.29, 0.717) is 34.6 Å². The van der Waals surface area contributed by atoms with Crippen LogP contribution in [0.2, 0.25) is 0 Å². The standard InChI is InChI=1S/C24H18N8O4S/c33-19-10-36-18-4-2-13(6-17(18)30-19)8-27-24(35)22-21-20(28-11-29-22)14(9-25-21)23(34)26-7-12-1-3-15-16(5-12)32-37-31-15/h1-6,9,11,25H,7-8,10H2,(H,26,34)(H,27,35)(H,30,33). The Labute approximate surface area is 212 Å². The Morgan fingerprint density at radius 3 is 2.65 bits per heavy atom. The van der Waals surface area contributed by atoms with Crippen LogP contribution in [-0.4, -0.2) is 48.0 Å². The lowest BCUT2D eigenvalue weighted by Crippen LogP contribution is -2.26. The maximum atomic E-state index is 12.9. The predicted octanol–water partition coefficient (Wildman–Crippen LogP) is 2.15. The Morgan fingerprint density at radius 1 is 0.973 bits per heavy atom. The Morgan fingerprint density at radius 2 is 1.76 bits per heavy atom. The molecule has 12 nitrogen and oxygen atoms in total. The minimum Gasteiger partial charge on any atom is -0.482 e. The van der Waals surface area contributed by atoms with Crippen LogP contribution < -0.4 is 20.7 Å². The van der Waals surface area contributed by atoms with Crippen LogP contribution in [0.1, 0.15) is 32.0 Å². The van der Waals surface area contributed by atoms with Gasteiger partial charge in [0.15, 0.2) is 12.3 Å². The van der Waals surface area contributed by atoms with Gasteiger partial charge in [-0.15, -0.1) is 0 Å². The lowest BCUT2D eigenvalue weighted by atomic mass is 10.1. The minimum absolute atomic E-state index is 0.0248. The molecule has 2 aromatic carbocycles. The first kappa shape index (κ1) is 22.5. The number of rotatable bonds is 6. The minimum atomic E-state index is -0.440. The summed E-state index contributed by atoms with van der Waals surface area (Å²) in [4.78, 5) is 48.6. The average molecular weight is 515 g/mol. The quantitative estimate of drug-likeness (QED) is 0.268. The highest BCUT2D eigenvalue weighted by Gasteiger charge is 2.20. The fraction of sp³-hybridized carbons (Fsp3) is 0.125. The van der Waals surface area contributed by atoms with Crippen molar-refractivity contribution in [3.8, 4) is 5.75 Å². The second-order valence-electron chi connectivity index (χ2n) is 8.27. The largest absolute Gasteiger partial charge is 0.482 e. The Hall–Kier alpha value is -4.91. The van der Waals surface area contributed by atoms with Crippen molar-refractivity contribution in [3.63, 3.8) is 0 Å². The summed E-state index contributed by atoms with van der Waals surface area (Å²) in [5, 5.41) is 8.42. The second kappa shape index (κ2) is 9.28. The highest BCUT2D eigenvalue weighted by molar-refractivity contribution is 7.00. The van der Waals surface area contributed by atoms with Crippen LogP contribution in [0.3, 0.4) is 0 Å². The van der Waals surface area contributed by atoms with Gasteiger partial charge in [-0.3, -0.25) is 14.4 Å². The van der Waals surface area contributed by atoms with Gasteiger partial charge < -0.3 is 25.7 Å². The molecule has 0 aliphatic carbocycles. The van der Waals surface area contributed by atoms with Crippen LogP contribution in [-0.2, 0) is 17.9 Å². The monoisotopic (exact) mass is 514 g/mol. The molecule has 1 aliphatic rings. The Bertz CT molecular complexity index is 1690. The number of anilines is 1. The lowest BCUT2D eigenvalue weighted by Gasteiger charge is -2.18. The number of aromatic amines is 1. The van der Waals surface area contributed by atoms with Gasteiger partial charge in [-0.2, -0.15) is 8.75 Å². The van der Waals surface area contributed by atoms with Crippen molar-refractivity contribution in [2.24, 2.45) is 0 Å². The van der Waals surface area contributed by atoms with Gasteiger partial charge in [-0.1, -0.05) is 12.1 Å². The number of carbonyl (C=O) groups excluding carboxylic acids is 3. The summed E-state index contributed by atoms with van der Waals surface area (Å²) in [5.74, 6) is -0.443. The summed E-state index contributed by atoms with van der Waals surface area (Å²) < 4.78 is 13.7. The van der Waals surface area contributed by atoms with E-state index < -0.39 is 5.91 Å². The van der Waals surface area contributed by atoms with Gasteiger partial charge in [0.2, 0.25) is 0 Å². The van der Waals surface area contributed by atoms with Crippen molar-refractivity contribution < 1.29 is 19.1 Å². The fourth-order valence-electron chi connectivity index (χ4n) is 4.01. The maximum Gasteiger partial charge on any atom is 0.272 e. The number of amides is 3. The Balaban J connectivity index is 1.15. The maximum absolute atomic E-state index is 12.9. The summed E-state index contributed by atoms with van der Waals surface area (Å²) >= 11 is 1.14. The van der Waals surface area contributed by atoms with Gasteiger partial charge in [0.25, 0.3) is 17.7 Å². The van der Waals surface area contributed by atoms with Crippen LogP contribution in [0.15, 0.2) is 48.9 Å². The van der Waals surface area contributed by atoms with E-state index in [0.717, 1.165) is 33.9 Å². The van der Waals surface area contributed by atoms with Gasteiger partial charge >= 0.3 is 0 Å². The number of hydrogen-bond donors (Lipinski definition) is 4. The summed E-state index contributed by atoms with van der Waals surface area (Å²) in [6, 6.07) is 10.9. The van der Waals surface area contributed by atoms with E-state index in [1.54, 1.807) is 18.2 Å². The molecular formula is C24H18N8O4S. The number of carbonyl (C=O) groups is 3. The molecule has 0 saturated heterocycles. The molecule has 37 heavy (non-hydrogen) atoms. The molecule has 4 N–H and O–H groups in total. The van der Waals surface area contributed by atoms with Gasteiger partial charge in [0, 0.05) is 19.3 Å². The zero-order valence-corrected chi connectivity index (χ0v) is 19.9. The molecule has 0 radical (unpaired) electrons. The second-order valence-corrected chi connectivity index (χ2v) is 8.80. The molecule has 6 rings (SSSR count). The molecule has 5 aromatic rings. The van der Waals surface area contributed by atoms with Crippen molar-refractivity contribution in [3.05, 3.63) is 71.3 Å². The molecular weight excluding hydrogens is 496 g/mol. The first-order chi connectivity index (χ1) is 18.0. The summed E-state index contributed by atoms with van der Waals surface area (Å²) in [6.07, 6.45) is 2.75. The van der Waals surface area contributed by atoms with Gasteiger partial charge in [-0.05, 0) is 35.4 Å². The lowest BCUT2D eigenvalue weighted by molar-refractivity contribution is -0.118. The zero-order chi connectivity index (χ0) is 25.4. The fourth-order valence-corrected chi connectivity index (χ4v) is 4.52. The van der Waals surface area contributed by atoms with Crippen molar-refractivity contribution in [2.75, 3.05) is 11.9 Å². The van der Waals surface area contributed by atoms with Crippen molar-refractivity contribution >= 4 is 57.2 Å². The highest BCUT2D eigenvalue weighted by Crippen LogP contribution is 2.28. The third-order valence-corrected chi connectivity index (χ3v) is 6.38. The van der Waals surface area contributed by atoms with E-state index in [4.69, 9.17) is 4.74 Å². The third-order valence-electron chi connectivity index (χ3n) is 5.82. The average Bonchev–Trinajstić information content (AvgIpc) is 3.57.